The number of imidazole rings is 1. The van der Waals surface area contributed by atoms with Crippen LogP contribution < -0.4 is 10.1 Å². The minimum absolute atomic E-state index is 0.0444. The quantitative estimate of drug-likeness (QED) is 0.400. The minimum Gasteiger partial charge on any atom is -0.491 e. The SMILES string of the molecule is CC(C)Oc1ccc2ccccc2c1CNc1ccc2ncc([N+](=O)[O-])n2n1. The van der Waals surface area contributed by atoms with Crippen LogP contribution in [0.1, 0.15) is 19.4 Å². The van der Waals surface area contributed by atoms with Crippen LogP contribution in [0.2, 0.25) is 0 Å². The molecule has 0 bridgehead atoms. The fraction of sp³-hybridized carbons (Fsp3) is 0.200. The Morgan fingerprint density at radius 2 is 2.00 bits per heavy atom. The predicted molar refractivity (Wildman–Crippen MR) is 107 cm³/mol. The highest BCUT2D eigenvalue weighted by Gasteiger charge is 2.16. The average molecular weight is 377 g/mol. The van der Waals surface area contributed by atoms with Gasteiger partial charge in [0.2, 0.25) is 5.65 Å². The number of nitrogens with one attached hydrogen (secondary N) is 1. The first kappa shape index (κ1) is 17.7. The first-order chi connectivity index (χ1) is 13.5. The Balaban J connectivity index is 1.69. The maximum absolute atomic E-state index is 11.1. The van der Waals surface area contributed by atoms with Crippen molar-refractivity contribution < 1.29 is 9.66 Å². The number of nitro groups is 1. The van der Waals surface area contributed by atoms with E-state index in [1.807, 2.05) is 38.1 Å². The lowest BCUT2D eigenvalue weighted by molar-refractivity contribution is -0.391. The fourth-order valence-electron chi connectivity index (χ4n) is 3.12. The Hall–Kier alpha value is -3.68. The number of benzene rings is 2. The summed E-state index contributed by atoms with van der Waals surface area (Å²) >= 11 is 0. The highest BCUT2D eigenvalue weighted by Crippen LogP contribution is 2.29. The van der Waals surface area contributed by atoms with Crippen LogP contribution in [0.25, 0.3) is 16.4 Å². The topological polar surface area (TPSA) is 94.6 Å². The second-order valence-electron chi connectivity index (χ2n) is 6.65. The number of anilines is 1. The molecular formula is C20H19N5O3. The number of rotatable bonds is 6. The van der Waals surface area contributed by atoms with Crippen LogP contribution in [-0.2, 0) is 6.54 Å². The lowest BCUT2D eigenvalue weighted by atomic mass is 10.0. The van der Waals surface area contributed by atoms with Gasteiger partial charge in [0.1, 0.15) is 11.9 Å². The lowest BCUT2D eigenvalue weighted by Crippen LogP contribution is -2.11. The highest BCUT2D eigenvalue weighted by atomic mass is 16.6. The Morgan fingerprint density at radius 1 is 1.18 bits per heavy atom. The van der Waals surface area contributed by atoms with Gasteiger partial charge in [-0.3, -0.25) is 0 Å². The molecule has 4 aromatic rings. The lowest BCUT2D eigenvalue weighted by Gasteiger charge is -2.17. The van der Waals surface area contributed by atoms with Gasteiger partial charge in [0.15, 0.2) is 5.82 Å². The van der Waals surface area contributed by atoms with Crippen molar-refractivity contribution in [3.8, 4) is 5.75 Å². The van der Waals surface area contributed by atoms with E-state index < -0.39 is 4.92 Å². The molecule has 2 aromatic carbocycles. The molecule has 2 heterocycles. The van der Waals surface area contributed by atoms with E-state index in [1.165, 1.54) is 10.7 Å². The molecule has 8 heteroatoms. The normalized spacial score (nSPS) is 11.2. The smallest absolute Gasteiger partial charge is 0.368 e. The van der Waals surface area contributed by atoms with Gasteiger partial charge in [0, 0.05) is 18.2 Å². The number of nitrogens with zero attached hydrogens (tertiary/aromatic N) is 4. The number of aromatic nitrogens is 3. The molecule has 0 saturated heterocycles. The largest absolute Gasteiger partial charge is 0.491 e. The second-order valence-corrected chi connectivity index (χ2v) is 6.65. The van der Waals surface area contributed by atoms with Crippen molar-refractivity contribution in [3.05, 3.63) is 70.4 Å². The van der Waals surface area contributed by atoms with Gasteiger partial charge in [-0.15, -0.1) is 0 Å². The molecule has 0 amide bonds. The van der Waals surface area contributed by atoms with E-state index in [4.69, 9.17) is 4.74 Å². The molecule has 0 aliphatic rings. The van der Waals surface area contributed by atoms with Gasteiger partial charge in [0.05, 0.1) is 6.10 Å². The first-order valence-corrected chi connectivity index (χ1v) is 8.93. The Kier molecular flexibility index (Phi) is 4.52. The van der Waals surface area contributed by atoms with Crippen molar-refractivity contribution in [3.63, 3.8) is 0 Å². The molecular weight excluding hydrogens is 358 g/mol. The highest BCUT2D eigenvalue weighted by molar-refractivity contribution is 5.88. The van der Waals surface area contributed by atoms with E-state index in [2.05, 4.69) is 27.5 Å². The van der Waals surface area contributed by atoms with E-state index in [0.717, 1.165) is 22.1 Å². The van der Waals surface area contributed by atoms with Crippen molar-refractivity contribution >= 4 is 28.1 Å². The number of fused-ring (bicyclic) bond motifs is 2. The van der Waals surface area contributed by atoms with Gasteiger partial charge >= 0.3 is 5.82 Å². The molecule has 142 valence electrons. The fourth-order valence-corrected chi connectivity index (χ4v) is 3.12. The molecule has 0 unspecified atom stereocenters. The van der Waals surface area contributed by atoms with Crippen molar-refractivity contribution in [1.29, 1.82) is 0 Å². The van der Waals surface area contributed by atoms with Gasteiger partial charge in [-0.1, -0.05) is 39.9 Å². The van der Waals surface area contributed by atoms with Crippen LogP contribution in [0, 0.1) is 10.1 Å². The van der Waals surface area contributed by atoms with Crippen molar-refractivity contribution in [2.75, 3.05) is 5.32 Å². The van der Waals surface area contributed by atoms with E-state index in [9.17, 15) is 10.1 Å². The van der Waals surface area contributed by atoms with Gasteiger partial charge < -0.3 is 20.2 Å². The third-order valence-corrected chi connectivity index (χ3v) is 4.34. The molecule has 0 spiro atoms. The third kappa shape index (κ3) is 3.32. The van der Waals surface area contributed by atoms with Gasteiger partial charge in [-0.25, -0.2) is 4.98 Å². The zero-order chi connectivity index (χ0) is 19.7. The van der Waals surface area contributed by atoms with Crippen molar-refractivity contribution in [1.82, 2.24) is 14.6 Å². The number of hydrogen-bond acceptors (Lipinski definition) is 6. The van der Waals surface area contributed by atoms with Crippen LogP contribution in [0.5, 0.6) is 5.75 Å². The summed E-state index contributed by atoms with van der Waals surface area (Å²) in [6, 6.07) is 15.5. The van der Waals surface area contributed by atoms with E-state index in [-0.39, 0.29) is 11.9 Å². The summed E-state index contributed by atoms with van der Waals surface area (Å²) in [6.07, 6.45) is 1.24. The van der Waals surface area contributed by atoms with E-state index >= 15 is 0 Å². The maximum Gasteiger partial charge on any atom is 0.368 e. The standard InChI is InChI=1S/C20H19N5O3/c1-13(2)28-17-8-7-14-5-3-4-6-15(14)16(17)11-21-18-9-10-19-22-12-20(25(26)27)24(19)23-18/h3-10,12-13H,11H2,1-2H3,(H,21,23). The van der Waals surface area contributed by atoms with E-state index in [1.54, 1.807) is 12.1 Å². The van der Waals surface area contributed by atoms with Gasteiger partial charge in [-0.05, 0) is 41.7 Å². The average Bonchev–Trinajstić information content (AvgIpc) is 3.10. The van der Waals surface area contributed by atoms with Crippen LogP contribution in [-0.4, -0.2) is 25.6 Å². The molecule has 1 N–H and O–H groups in total. The van der Waals surface area contributed by atoms with Gasteiger partial charge in [0.25, 0.3) is 0 Å². The Labute approximate surface area is 160 Å². The maximum atomic E-state index is 11.1. The third-order valence-electron chi connectivity index (χ3n) is 4.34. The van der Waals surface area contributed by atoms with Crippen LogP contribution in [0.15, 0.2) is 54.7 Å². The Bertz CT molecular complexity index is 1170. The molecule has 0 radical (unpaired) electrons. The first-order valence-electron chi connectivity index (χ1n) is 8.93. The van der Waals surface area contributed by atoms with Crippen LogP contribution in [0.4, 0.5) is 11.6 Å². The summed E-state index contributed by atoms with van der Waals surface area (Å²) < 4.78 is 7.20. The molecule has 0 fully saturated rings. The molecule has 28 heavy (non-hydrogen) atoms. The molecule has 0 atom stereocenters. The van der Waals surface area contributed by atoms with Crippen LogP contribution in [0.3, 0.4) is 0 Å². The monoisotopic (exact) mass is 377 g/mol. The number of hydrogen-bond donors (Lipinski definition) is 1. The summed E-state index contributed by atoms with van der Waals surface area (Å²) in [5.74, 6) is 1.14. The molecule has 4 rings (SSSR count). The summed E-state index contributed by atoms with van der Waals surface area (Å²) in [5, 5.41) is 20.9. The molecule has 2 aromatic heterocycles. The van der Waals surface area contributed by atoms with Crippen molar-refractivity contribution in [2.45, 2.75) is 26.5 Å². The van der Waals surface area contributed by atoms with Gasteiger partial charge in [-0.2, -0.15) is 0 Å². The molecule has 0 aliphatic heterocycles. The summed E-state index contributed by atoms with van der Waals surface area (Å²) in [4.78, 5) is 14.6. The molecule has 0 saturated carbocycles. The summed E-state index contributed by atoms with van der Waals surface area (Å²) in [6.45, 7) is 4.44. The molecule has 8 nitrogen and oxygen atoms in total. The Morgan fingerprint density at radius 3 is 2.79 bits per heavy atom. The zero-order valence-electron chi connectivity index (χ0n) is 15.5. The predicted octanol–water partition coefficient (Wildman–Crippen LogP) is 4.19. The zero-order valence-corrected chi connectivity index (χ0v) is 15.5. The second kappa shape index (κ2) is 7.15. The summed E-state index contributed by atoms with van der Waals surface area (Å²) in [7, 11) is 0. The van der Waals surface area contributed by atoms with Crippen LogP contribution >= 0.6 is 0 Å². The number of ether oxygens (including phenoxy) is 1. The minimum atomic E-state index is -0.504. The summed E-state index contributed by atoms with van der Waals surface area (Å²) in [5.41, 5.74) is 1.43. The van der Waals surface area contributed by atoms with E-state index in [0.29, 0.717) is 18.0 Å². The molecule has 0 aliphatic carbocycles. The van der Waals surface area contributed by atoms with Crippen molar-refractivity contribution in [2.24, 2.45) is 0 Å².